The van der Waals surface area contributed by atoms with Crippen molar-refractivity contribution in [3.8, 4) is 0 Å². The van der Waals surface area contributed by atoms with Crippen LogP contribution in [0.15, 0.2) is 0 Å². The summed E-state index contributed by atoms with van der Waals surface area (Å²) in [7, 11) is 0. The molecule has 174 valence electrons. The van der Waals surface area contributed by atoms with Crippen molar-refractivity contribution < 1.29 is 34.2 Å². The van der Waals surface area contributed by atoms with Crippen LogP contribution in [0, 0.1) is 5.92 Å². The van der Waals surface area contributed by atoms with Gasteiger partial charge in [-0.3, -0.25) is 19.2 Å². The molecule has 2 rings (SSSR count). The maximum absolute atomic E-state index is 13.2. The largest absolute Gasteiger partial charge is 0.481 e. The van der Waals surface area contributed by atoms with E-state index in [4.69, 9.17) is 5.11 Å². The normalized spacial score (nSPS) is 22.7. The molecule has 2 aliphatic heterocycles. The molecular formula is C20H32N4O7. The monoisotopic (exact) mass is 440 g/mol. The lowest BCUT2D eigenvalue weighted by Crippen LogP contribution is -2.58. The van der Waals surface area contributed by atoms with Crippen LogP contribution < -0.4 is 16.0 Å². The number of nitrogens with zero attached hydrogens (tertiary/aromatic N) is 1. The summed E-state index contributed by atoms with van der Waals surface area (Å²) in [6.07, 6.45) is 1.87. The van der Waals surface area contributed by atoms with Crippen LogP contribution in [0.25, 0.3) is 0 Å². The van der Waals surface area contributed by atoms with E-state index < -0.39 is 42.4 Å². The van der Waals surface area contributed by atoms with Gasteiger partial charge in [0.2, 0.25) is 17.7 Å². The average Bonchev–Trinajstić information content (AvgIpc) is 3.39. The minimum atomic E-state index is -1.35. The van der Waals surface area contributed by atoms with Gasteiger partial charge in [0.15, 0.2) is 0 Å². The molecule has 31 heavy (non-hydrogen) atoms. The Morgan fingerprint density at radius 3 is 2.29 bits per heavy atom. The average molecular weight is 440 g/mol. The number of aliphatic carboxylic acids is 2. The molecule has 11 nitrogen and oxygen atoms in total. The van der Waals surface area contributed by atoms with Crippen molar-refractivity contribution in [2.24, 2.45) is 5.92 Å². The zero-order valence-corrected chi connectivity index (χ0v) is 17.9. The van der Waals surface area contributed by atoms with Crippen molar-refractivity contribution in [2.75, 3.05) is 13.1 Å². The highest BCUT2D eigenvalue weighted by Gasteiger charge is 2.40. The minimum absolute atomic E-state index is 0.204. The second kappa shape index (κ2) is 11.1. The zero-order valence-electron chi connectivity index (χ0n) is 17.9. The van der Waals surface area contributed by atoms with Gasteiger partial charge in [-0.25, -0.2) is 4.79 Å². The lowest BCUT2D eigenvalue weighted by molar-refractivity contribution is -0.146. The van der Waals surface area contributed by atoms with Crippen LogP contribution in [-0.4, -0.2) is 82.0 Å². The van der Waals surface area contributed by atoms with Crippen LogP contribution in [0.5, 0.6) is 0 Å². The van der Waals surface area contributed by atoms with Crippen LogP contribution in [0.3, 0.4) is 0 Å². The van der Waals surface area contributed by atoms with Crippen LogP contribution in [0.2, 0.25) is 0 Å². The molecule has 0 aliphatic carbocycles. The SMILES string of the molecule is CC(C)C(NC(=O)C1CCCN1)C(=O)N1CCCC1C(=O)NC(CCC(=O)O)C(=O)O. The number of hydrogen-bond acceptors (Lipinski definition) is 6. The Hall–Kier alpha value is -2.69. The highest BCUT2D eigenvalue weighted by Crippen LogP contribution is 2.21. The summed E-state index contributed by atoms with van der Waals surface area (Å²) in [6, 6.07) is -3.35. The number of nitrogens with one attached hydrogen (secondary N) is 3. The maximum atomic E-state index is 13.2. The third-order valence-electron chi connectivity index (χ3n) is 5.71. The first-order valence-corrected chi connectivity index (χ1v) is 10.7. The summed E-state index contributed by atoms with van der Waals surface area (Å²) < 4.78 is 0. The van der Waals surface area contributed by atoms with Gasteiger partial charge in [-0.2, -0.15) is 0 Å². The van der Waals surface area contributed by atoms with Crippen LogP contribution in [-0.2, 0) is 24.0 Å². The number of carbonyl (C=O) groups excluding carboxylic acids is 3. The Bertz CT molecular complexity index is 706. The second-order valence-corrected chi connectivity index (χ2v) is 8.40. The van der Waals surface area contributed by atoms with Gasteiger partial charge in [0, 0.05) is 13.0 Å². The third-order valence-corrected chi connectivity index (χ3v) is 5.71. The Labute approximate surface area is 180 Å². The number of carbonyl (C=O) groups is 5. The standard InChI is InChI=1S/C20H32N4O7/c1-11(2)16(23-17(27)12-5-3-9-21-12)19(29)24-10-4-6-14(24)18(28)22-13(20(30)31)7-8-15(25)26/h11-14,16,21H,3-10H2,1-2H3,(H,22,28)(H,23,27)(H,25,26)(H,30,31). The molecule has 2 aliphatic rings. The minimum Gasteiger partial charge on any atom is -0.481 e. The van der Waals surface area contributed by atoms with Gasteiger partial charge >= 0.3 is 11.9 Å². The Kier molecular flexibility index (Phi) is 8.78. The molecule has 0 saturated carbocycles. The molecular weight excluding hydrogens is 408 g/mol. The van der Waals surface area contributed by atoms with E-state index >= 15 is 0 Å². The van der Waals surface area contributed by atoms with Crippen molar-refractivity contribution in [1.29, 1.82) is 0 Å². The summed E-state index contributed by atoms with van der Waals surface area (Å²) in [5.41, 5.74) is 0. The molecule has 0 radical (unpaired) electrons. The molecule has 4 unspecified atom stereocenters. The zero-order chi connectivity index (χ0) is 23.1. The summed E-state index contributed by atoms with van der Waals surface area (Å²) >= 11 is 0. The van der Waals surface area contributed by atoms with Gasteiger partial charge in [0.05, 0.1) is 6.04 Å². The van der Waals surface area contributed by atoms with E-state index in [2.05, 4.69) is 16.0 Å². The van der Waals surface area contributed by atoms with Crippen molar-refractivity contribution in [1.82, 2.24) is 20.9 Å². The molecule has 5 N–H and O–H groups in total. The summed E-state index contributed by atoms with van der Waals surface area (Å²) in [5, 5.41) is 26.3. The number of amides is 3. The first-order chi connectivity index (χ1) is 14.6. The molecule has 0 spiro atoms. The molecule has 11 heteroatoms. The van der Waals surface area contributed by atoms with Gasteiger partial charge in [-0.05, 0) is 44.6 Å². The predicted octanol–water partition coefficient (Wildman–Crippen LogP) is -0.696. The quantitative estimate of drug-likeness (QED) is 0.298. The molecule has 2 heterocycles. The van der Waals surface area contributed by atoms with Crippen molar-refractivity contribution >= 4 is 29.7 Å². The fraction of sp³-hybridized carbons (Fsp3) is 0.750. The van der Waals surface area contributed by atoms with Crippen LogP contribution in [0.4, 0.5) is 0 Å². The summed E-state index contributed by atoms with van der Waals surface area (Å²) in [4.78, 5) is 61.9. The fourth-order valence-electron chi connectivity index (χ4n) is 3.95. The first-order valence-electron chi connectivity index (χ1n) is 10.7. The van der Waals surface area contributed by atoms with E-state index in [1.54, 1.807) is 0 Å². The van der Waals surface area contributed by atoms with Crippen molar-refractivity contribution in [2.45, 2.75) is 76.5 Å². The third kappa shape index (κ3) is 6.65. The molecule has 0 aromatic rings. The maximum Gasteiger partial charge on any atom is 0.326 e. The molecule has 4 atom stereocenters. The number of carboxylic acids is 2. The fourth-order valence-corrected chi connectivity index (χ4v) is 3.95. The van der Waals surface area contributed by atoms with Gasteiger partial charge in [-0.15, -0.1) is 0 Å². The lowest BCUT2D eigenvalue weighted by Gasteiger charge is -2.31. The molecule has 2 fully saturated rings. The van der Waals surface area contributed by atoms with Crippen LogP contribution in [0.1, 0.15) is 52.4 Å². The Morgan fingerprint density at radius 1 is 1.03 bits per heavy atom. The summed E-state index contributed by atoms with van der Waals surface area (Å²) in [6.45, 7) is 4.69. The van der Waals surface area contributed by atoms with Gasteiger partial charge in [-0.1, -0.05) is 13.8 Å². The van der Waals surface area contributed by atoms with Crippen molar-refractivity contribution in [3.63, 3.8) is 0 Å². The van der Waals surface area contributed by atoms with E-state index in [0.29, 0.717) is 25.8 Å². The predicted molar refractivity (Wildman–Crippen MR) is 109 cm³/mol. The number of rotatable bonds is 10. The number of likely N-dealkylation sites (tertiary alicyclic amines) is 1. The molecule has 3 amide bonds. The highest BCUT2D eigenvalue weighted by molar-refractivity contribution is 5.94. The van der Waals surface area contributed by atoms with Gasteiger partial charge < -0.3 is 31.1 Å². The molecule has 0 bridgehead atoms. The molecule has 2 saturated heterocycles. The first kappa shape index (κ1) is 24.6. The van der Waals surface area contributed by atoms with E-state index in [9.17, 15) is 29.1 Å². The van der Waals surface area contributed by atoms with E-state index in [1.807, 2.05) is 13.8 Å². The van der Waals surface area contributed by atoms with Crippen LogP contribution >= 0.6 is 0 Å². The molecule has 0 aromatic carbocycles. The molecule has 0 aromatic heterocycles. The highest BCUT2D eigenvalue weighted by atomic mass is 16.4. The summed E-state index contributed by atoms with van der Waals surface area (Å²) in [5.74, 6) is -3.95. The van der Waals surface area contributed by atoms with Crippen molar-refractivity contribution in [3.05, 3.63) is 0 Å². The number of carboxylic acid groups (broad SMARTS) is 2. The van der Waals surface area contributed by atoms with Gasteiger partial charge in [0.1, 0.15) is 18.1 Å². The number of hydrogen-bond donors (Lipinski definition) is 5. The topological polar surface area (TPSA) is 165 Å². The Balaban J connectivity index is 2.05. The van der Waals surface area contributed by atoms with Gasteiger partial charge in [0.25, 0.3) is 0 Å². The van der Waals surface area contributed by atoms with E-state index in [-0.39, 0.29) is 30.2 Å². The van der Waals surface area contributed by atoms with E-state index in [1.165, 1.54) is 4.90 Å². The Morgan fingerprint density at radius 2 is 1.74 bits per heavy atom. The lowest BCUT2D eigenvalue weighted by atomic mass is 10.0. The second-order valence-electron chi connectivity index (χ2n) is 8.40. The smallest absolute Gasteiger partial charge is 0.326 e. The van der Waals surface area contributed by atoms with E-state index in [0.717, 1.165) is 13.0 Å².